The Labute approximate surface area is 160 Å². The SMILES string of the molecule is CSc1ccccc1N=Cc1c(O)c([N+](=O)[O-])cc2c3c(oc12)CCCC3. The summed E-state index contributed by atoms with van der Waals surface area (Å²) in [5.74, 6) is 0.444. The van der Waals surface area contributed by atoms with Crippen LogP contribution in [-0.4, -0.2) is 22.5 Å². The van der Waals surface area contributed by atoms with Crippen LogP contribution in [0.4, 0.5) is 11.4 Å². The highest BCUT2D eigenvalue weighted by molar-refractivity contribution is 7.98. The second-order valence-corrected chi connectivity index (χ2v) is 7.28. The Morgan fingerprint density at radius 2 is 2.07 bits per heavy atom. The summed E-state index contributed by atoms with van der Waals surface area (Å²) in [4.78, 5) is 16.3. The van der Waals surface area contributed by atoms with Gasteiger partial charge in [-0.1, -0.05) is 12.1 Å². The summed E-state index contributed by atoms with van der Waals surface area (Å²) in [5, 5.41) is 22.7. The van der Waals surface area contributed by atoms with Gasteiger partial charge in [-0.05, 0) is 37.7 Å². The van der Waals surface area contributed by atoms with Gasteiger partial charge >= 0.3 is 5.69 Å². The molecule has 1 N–H and O–H groups in total. The molecular formula is C20H18N2O4S. The molecule has 138 valence electrons. The number of nitrogens with zero attached hydrogens (tertiary/aromatic N) is 2. The van der Waals surface area contributed by atoms with Gasteiger partial charge in [-0.2, -0.15) is 0 Å². The highest BCUT2D eigenvalue weighted by atomic mass is 32.2. The Kier molecular flexibility index (Phi) is 4.61. The van der Waals surface area contributed by atoms with E-state index in [0.717, 1.165) is 47.6 Å². The number of aryl methyl sites for hydroxylation is 2. The van der Waals surface area contributed by atoms with Gasteiger partial charge in [0.25, 0.3) is 0 Å². The van der Waals surface area contributed by atoms with E-state index >= 15 is 0 Å². The molecule has 0 amide bonds. The monoisotopic (exact) mass is 382 g/mol. The molecule has 7 heteroatoms. The Morgan fingerprint density at radius 1 is 1.30 bits per heavy atom. The molecule has 0 saturated carbocycles. The van der Waals surface area contributed by atoms with Gasteiger partial charge in [-0.3, -0.25) is 15.1 Å². The summed E-state index contributed by atoms with van der Waals surface area (Å²) >= 11 is 1.56. The largest absolute Gasteiger partial charge is 0.502 e. The molecule has 27 heavy (non-hydrogen) atoms. The van der Waals surface area contributed by atoms with Crippen molar-refractivity contribution in [2.75, 3.05) is 6.26 Å². The van der Waals surface area contributed by atoms with Gasteiger partial charge in [0, 0.05) is 34.5 Å². The minimum Gasteiger partial charge on any atom is -0.502 e. The van der Waals surface area contributed by atoms with Crippen LogP contribution < -0.4 is 0 Å². The predicted octanol–water partition coefficient (Wildman–Crippen LogP) is 5.40. The molecule has 1 aliphatic carbocycles. The number of fused-ring (bicyclic) bond motifs is 3. The van der Waals surface area contributed by atoms with E-state index in [9.17, 15) is 15.2 Å². The van der Waals surface area contributed by atoms with Gasteiger partial charge in [0.1, 0.15) is 11.3 Å². The fourth-order valence-electron chi connectivity index (χ4n) is 3.52. The number of nitro groups is 1. The molecule has 0 radical (unpaired) electrons. The average Bonchev–Trinajstić information content (AvgIpc) is 3.05. The maximum absolute atomic E-state index is 11.4. The van der Waals surface area contributed by atoms with Crippen LogP contribution in [0.3, 0.4) is 0 Å². The van der Waals surface area contributed by atoms with Crippen molar-refractivity contribution < 1.29 is 14.4 Å². The third-order valence-corrected chi connectivity index (χ3v) is 5.64. The molecule has 0 fully saturated rings. The lowest BCUT2D eigenvalue weighted by atomic mass is 9.95. The topological polar surface area (TPSA) is 88.9 Å². The number of rotatable bonds is 4. The molecule has 4 rings (SSSR count). The van der Waals surface area contributed by atoms with Crippen molar-refractivity contribution in [1.82, 2.24) is 0 Å². The summed E-state index contributed by atoms with van der Waals surface area (Å²) in [5.41, 5.74) is 2.15. The van der Waals surface area contributed by atoms with E-state index in [1.54, 1.807) is 11.8 Å². The van der Waals surface area contributed by atoms with Crippen LogP contribution in [0.1, 0.15) is 29.7 Å². The Morgan fingerprint density at radius 3 is 2.85 bits per heavy atom. The first kappa shape index (κ1) is 17.6. The molecule has 0 saturated heterocycles. The fourth-order valence-corrected chi connectivity index (χ4v) is 4.07. The van der Waals surface area contributed by atoms with E-state index in [2.05, 4.69) is 4.99 Å². The number of thioether (sulfide) groups is 1. The summed E-state index contributed by atoms with van der Waals surface area (Å²) in [7, 11) is 0. The smallest absolute Gasteiger partial charge is 0.312 e. The molecular weight excluding hydrogens is 364 g/mol. The molecule has 3 aromatic rings. The van der Waals surface area contributed by atoms with Gasteiger partial charge in [0.2, 0.25) is 5.75 Å². The number of para-hydroxylation sites is 1. The zero-order valence-electron chi connectivity index (χ0n) is 14.8. The zero-order chi connectivity index (χ0) is 19.0. The molecule has 0 unspecified atom stereocenters. The van der Waals surface area contributed by atoms with E-state index in [1.807, 2.05) is 30.5 Å². The number of aliphatic imine (C=N–C) groups is 1. The molecule has 1 aliphatic rings. The van der Waals surface area contributed by atoms with Crippen LogP contribution in [0.5, 0.6) is 5.75 Å². The van der Waals surface area contributed by atoms with E-state index in [4.69, 9.17) is 4.42 Å². The van der Waals surface area contributed by atoms with Crippen LogP contribution >= 0.6 is 11.8 Å². The van der Waals surface area contributed by atoms with E-state index < -0.39 is 10.7 Å². The normalized spacial score (nSPS) is 14.0. The van der Waals surface area contributed by atoms with Gasteiger partial charge < -0.3 is 9.52 Å². The van der Waals surface area contributed by atoms with Crippen LogP contribution in [0.25, 0.3) is 11.0 Å². The lowest BCUT2D eigenvalue weighted by Crippen LogP contribution is -1.99. The highest BCUT2D eigenvalue weighted by Crippen LogP contribution is 2.41. The van der Waals surface area contributed by atoms with Crippen LogP contribution in [0.2, 0.25) is 0 Å². The lowest BCUT2D eigenvalue weighted by molar-refractivity contribution is -0.385. The van der Waals surface area contributed by atoms with E-state index in [0.29, 0.717) is 11.0 Å². The predicted molar refractivity (Wildman–Crippen MR) is 107 cm³/mol. The van der Waals surface area contributed by atoms with Gasteiger partial charge in [0.15, 0.2) is 0 Å². The summed E-state index contributed by atoms with van der Waals surface area (Å²) in [6, 6.07) is 9.04. The molecule has 2 aromatic carbocycles. The lowest BCUT2D eigenvalue weighted by Gasteiger charge is -2.08. The molecule has 0 spiro atoms. The van der Waals surface area contributed by atoms with Gasteiger partial charge in [-0.15, -0.1) is 11.8 Å². The molecule has 6 nitrogen and oxygen atoms in total. The number of hydrogen-bond donors (Lipinski definition) is 1. The summed E-state index contributed by atoms with van der Waals surface area (Å²) in [6.07, 6.45) is 7.12. The van der Waals surface area contributed by atoms with E-state index in [1.165, 1.54) is 12.3 Å². The first-order valence-corrected chi connectivity index (χ1v) is 9.94. The maximum atomic E-state index is 11.4. The van der Waals surface area contributed by atoms with Crippen molar-refractivity contribution in [3.8, 4) is 5.75 Å². The molecule has 1 heterocycles. The third kappa shape index (κ3) is 3.08. The minimum atomic E-state index is -0.565. The maximum Gasteiger partial charge on any atom is 0.312 e. The minimum absolute atomic E-state index is 0.254. The van der Waals surface area contributed by atoms with Crippen LogP contribution in [0, 0.1) is 10.1 Å². The van der Waals surface area contributed by atoms with Crippen molar-refractivity contribution in [2.24, 2.45) is 4.99 Å². The van der Waals surface area contributed by atoms with Crippen molar-refractivity contribution in [3.63, 3.8) is 0 Å². The van der Waals surface area contributed by atoms with Crippen LogP contribution in [-0.2, 0) is 12.8 Å². The number of nitro benzene ring substituents is 1. The van der Waals surface area contributed by atoms with Gasteiger partial charge in [-0.25, -0.2) is 0 Å². The first-order chi connectivity index (χ1) is 13.1. The molecule has 0 bridgehead atoms. The molecule has 0 atom stereocenters. The second kappa shape index (κ2) is 7.08. The van der Waals surface area contributed by atoms with Gasteiger partial charge in [0.05, 0.1) is 16.2 Å². The number of hydrogen-bond acceptors (Lipinski definition) is 6. The molecule has 0 aliphatic heterocycles. The quantitative estimate of drug-likeness (QED) is 0.282. The summed E-state index contributed by atoms with van der Waals surface area (Å²) in [6.45, 7) is 0. The Balaban J connectivity index is 1.93. The first-order valence-electron chi connectivity index (χ1n) is 8.72. The average molecular weight is 382 g/mol. The highest BCUT2D eigenvalue weighted by Gasteiger charge is 2.27. The van der Waals surface area contributed by atoms with Crippen molar-refractivity contribution in [3.05, 3.63) is 57.3 Å². The number of aromatic hydroxyl groups is 1. The molecule has 1 aromatic heterocycles. The number of phenolic OH excluding ortho intramolecular Hbond substituents is 1. The third-order valence-electron chi connectivity index (χ3n) is 4.85. The Bertz CT molecular complexity index is 1070. The van der Waals surface area contributed by atoms with Crippen LogP contribution in [0.15, 0.2) is 44.6 Å². The standard InChI is InChI=1S/C20H18N2O4S/c1-27-18-9-5-3-7-15(18)21-11-14-19(23)16(22(24)25)10-13-12-6-2-4-8-17(12)26-20(13)14/h3,5,7,9-11,23H,2,4,6,8H2,1H3. The second-order valence-electron chi connectivity index (χ2n) is 6.43. The Hall–Kier alpha value is -2.80. The fraction of sp³-hybridized carbons (Fsp3) is 0.250. The number of furan rings is 1. The number of benzene rings is 2. The van der Waals surface area contributed by atoms with Crippen molar-refractivity contribution in [1.29, 1.82) is 0 Å². The summed E-state index contributed by atoms with van der Waals surface area (Å²) < 4.78 is 6.00. The van der Waals surface area contributed by atoms with Crippen molar-refractivity contribution in [2.45, 2.75) is 30.6 Å². The van der Waals surface area contributed by atoms with E-state index in [-0.39, 0.29) is 11.3 Å². The van der Waals surface area contributed by atoms with Crippen molar-refractivity contribution >= 4 is 40.3 Å². The number of phenols is 1. The zero-order valence-corrected chi connectivity index (χ0v) is 15.6.